The van der Waals surface area contributed by atoms with Gasteiger partial charge in [0.2, 0.25) is 5.91 Å². The molecule has 3 atom stereocenters. The van der Waals surface area contributed by atoms with Crippen molar-refractivity contribution in [3.63, 3.8) is 0 Å². The maximum absolute atomic E-state index is 12.9. The highest BCUT2D eigenvalue weighted by atomic mass is 31.2. The SMILES string of the molecule is CC/C=C/CC/C=C/CC/C=C/C(O)C(COP(=O)(O)OCC[N+](C)(C)C)NC(=O)CCCCCCCCCCCCCCCC/C=C\CCCCCCCCCCCCCC. The number of nitrogens with zero attached hydrogens (tertiary/aromatic N) is 1. The van der Waals surface area contributed by atoms with Gasteiger partial charge in [0.25, 0.3) is 0 Å². The average molecular weight is 894 g/mol. The summed E-state index contributed by atoms with van der Waals surface area (Å²) in [5.41, 5.74) is 0. The van der Waals surface area contributed by atoms with Crippen LogP contribution in [0.15, 0.2) is 48.6 Å². The minimum Gasteiger partial charge on any atom is -0.387 e. The van der Waals surface area contributed by atoms with Crippen LogP contribution in [0.3, 0.4) is 0 Å². The molecule has 1 amide bonds. The van der Waals surface area contributed by atoms with Gasteiger partial charge in [-0.25, -0.2) is 4.57 Å². The van der Waals surface area contributed by atoms with Gasteiger partial charge in [-0.05, 0) is 64.2 Å². The number of aliphatic hydroxyl groups excluding tert-OH is 1. The number of quaternary nitrogens is 1. The normalized spacial score (nSPS) is 14.5. The Morgan fingerprint density at radius 3 is 1.37 bits per heavy atom. The lowest BCUT2D eigenvalue weighted by Crippen LogP contribution is -2.45. The number of phosphoric ester groups is 1. The molecule has 0 fully saturated rings. The van der Waals surface area contributed by atoms with Crippen molar-refractivity contribution in [3.8, 4) is 0 Å². The summed E-state index contributed by atoms with van der Waals surface area (Å²) >= 11 is 0. The van der Waals surface area contributed by atoms with Gasteiger partial charge in [0.1, 0.15) is 13.2 Å². The number of nitrogens with one attached hydrogen (secondary N) is 1. The molecule has 0 heterocycles. The van der Waals surface area contributed by atoms with E-state index in [4.69, 9.17) is 9.05 Å². The van der Waals surface area contributed by atoms with Crippen molar-refractivity contribution in [1.29, 1.82) is 0 Å². The quantitative estimate of drug-likeness (QED) is 0.0243. The van der Waals surface area contributed by atoms with E-state index in [0.29, 0.717) is 17.4 Å². The van der Waals surface area contributed by atoms with E-state index in [9.17, 15) is 19.4 Å². The number of carbonyl (C=O) groups excluding carboxylic acids is 1. The molecular formula is C53H102N2O6P+. The van der Waals surface area contributed by atoms with Crippen molar-refractivity contribution >= 4 is 13.7 Å². The molecule has 8 nitrogen and oxygen atoms in total. The molecule has 0 aromatic heterocycles. The second kappa shape index (κ2) is 44.7. The minimum absolute atomic E-state index is 0.0529. The Bertz CT molecular complexity index is 1150. The van der Waals surface area contributed by atoms with Crippen LogP contribution in [0.1, 0.15) is 232 Å². The number of allylic oxidation sites excluding steroid dienone is 7. The van der Waals surface area contributed by atoms with Crippen LogP contribution >= 0.6 is 7.82 Å². The Morgan fingerprint density at radius 1 is 0.548 bits per heavy atom. The molecular weight excluding hydrogens is 792 g/mol. The van der Waals surface area contributed by atoms with Crippen LogP contribution in [0.25, 0.3) is 0 Å². The first-order valence-electron chi connectivity index (χ1n) is 26.0. The predicted octanol–water partition coefficient (Wildman–Crippen LogP) is 15.2. The molecule has 3 N–H and O–H groups in total. The van der Waals surface area contributed by atoms with Gasteiger partial charge in [-0.1, -0.05) is 210 Å². The highest BCUT2D eigenvalue weighted by Crippen LogP contribution is 2.43. The van der Waals surface area contributed by atoms with Crippen LogP contribution in [0.4, 0.5) is 0 Å². The Kier molecular flexibility index (Phi) is 43.5. The molecule has 62 heavy (non-hydrogen) atoms. The van der Waals surface area contributed by atoms with Crippen LogP contribution in [-0.2, 0) is 18.4 Å². The number of amides is 1. The van der Waals surface area contributed by atoms with E-state index in [2.05, 4.69) is 55.6 Å². The third kappa shape index (κ3) is 46.5. The largest absolute Gasteiger partial charge is 0.472 e. The van der Waals surface area contributed by atoms with Crippen molar-refractivity contribution in [3.05, 3.63) is 48.6 Å². The molecule has 0 aliphatic carbocycles. The molecule has 3 unspecified atom stereocenters. The zero-order valence-corrected chi connectivity index (χ0v) is 42.3. The fraction of sp³-hybridized carbons (Fsp3) is 0.830. The van der Waals surface area contributed by atoms with Gasteiger partial charge in [-0.2, -0.15) is 0 Å². The number of carbonyl (C=O) groups is 1. The fourth-order valence-electron chi connectivity index (χ4n) is 7.43. The van der Waals surface area contributed by atoms with Gasteiger partial charge in [0.15, 0.2) is 0 Å². The molecule has 0 aromatic rings. The summed E-state index contributed by atoms with van der Waals surface area (Å²) in [5.74, 6) is -0.193. The molecule has 0 radical (unpaired) electrons. The molecule has 9 heteroatoms. The molecule has 0 saturated carbocycles. The minimum atomic E-state index is -4.35. The maximum atomic E-state index is 12.9. The number of phosphoric acid groups is 1. The van der Waals surface area contributed by atoms with Gasteiger partial charge < -0.3 is 19.8 Å². The zero-order chi connectivity index (χ0) is 45.7. The number of hydrogen-bond acceptors (Lipinski definition) is 5. The summed E-state index contributed by atoms with van der Waals surface area (Å²) in [6.07, 6.45) is 58.1. The Morgan fingerprint density at radius 2 is 0.935 bits per heavy atom. The van der Waals surface area contributed by atoms with Gasteiger partial charge in [0.05, 0.1) is 39.9 Å². The van der Waals surface area contributed by atoms with E-state index in [-0.39, 0.29) is 19.1 Å². The third-order valence-electron chi connectivity index (χ3n) is 11.5. The van der Waals surface area contributed by atoms with E-state index in [0.717, 1.165) is 51.4 Å². The van der Waals surface area contributed by atoms with Crippen molar-refractivity contribution in [2.75, 3.05) is 40.9 Å². The van der Waals surface area contributed by atoms with Crippen LogP contribution in [0.2, 0.25) is 0 Å². The van der Waals surface area contributed by atoms with Crippen molar-refractivity contribution < 1.29 is 32.9 Å². The van der Waals surface area contributed by atoms with Crippen molar-refractivity contribution in [1.82, 2.24) is 5.32 Å². The highest BCUT2D eigenvalue weighted by Gasteiger charge is 2.27. The number of likely N-dealkylation sites (N-methyl/N-ethyl adjacent to an activating group) is 1. The smallest absolute Gasteiger partial charge is 0.387 e. The molecule has 0 aliphatic rings. The average Bonchev–Trinajstić information content (AvgIpc) is 3.23. The Balaban J connectivity index is 4.03. The monoisotopic (exact) mass is 894 g/mol. The third-order valence-corrected chi connectivity index (χ3v) is 12.5. The lowest BCUT2D eigenvalue weighted by Gasteiger charge is -2.25. The number of rotatable bonds is 47. The van der Waals surface area contributed by atoms with Crippen molar-refractivity contribution in [2.45, 2.75) is 244 Å². The van der Waals surface area contributed by atoms with Crippen molar-refractivity contribution in [2.24, 2.45) is 0 Å². The predicted molar refractivity (Wildman–Crippen MR) is 267 cm³/mol. The van der Waals surface area contributed by atoms with Gasteiger partial charge in [-0.3, -0.25) is 13.8 Å². The number of unbranched alkanes of at least 4 members (excludes halogenated alkanes) is 28. The maximum Gasteiger partial charge on any atom is 0.472 e. The van der Waals surface area contributed by atoms with Crippen LogP contribution in [-0.4, -0.2) is 73.4 Å². The molecule has 0 aromatic carbocycles. The summed E-state index contributed by atoms with van der Waals surface area (Å²) in [6, 6.07) is -0.868. The van der Waals surface area contributed by atoms with E-state index in [1.54, 1.807) is 6.08 Å². The van der Waals surface area contributed by atoms with E-state index >= 15 is 0 Å². The molecule has 0 saturated heterocycles. The molecule has 0 bridgehead atoms. The van der Waals surface area contributed by atoms with Gasteiger partial charge in [0, 0.05) is 6.42 Å². The van der Waals surface area contributed by atoms with E-state index in [1.165, 1.54) is 161 Å². The first-order valence-corrected chi connectivity index (χ1v) is 27.5. The summed E-state index contributed by atoms with van der Waals surface area (Å²) < 4.78 is 23.5. The number of aliphatic hydroxyl groups is 1. The molecule has 364 valence electrons. The fourth-order valence-corrected chi connectivity index (χ4v) is 8.17. The first-order chi connectivity index (χ1) is 30.0. The molecule has 0 rings (SSSR count). The lowest BCUT2D eigenvalue weighted by molar-refractivity contribution is -0.870. The summed E-state index contributed by atoms with van der Waals surface area (Å²) in [4.78, 5) is 23.1. The van der Waals surface area contributed by atoms with Gasteiger partial charge >= 0.3 is 7.82 Å². The van der Waals surface area contributed by atoms with E-state index < -0.39 is 20.0 Å². The number of hydrogen-bond donors (Lipinski definition) is 3. The Labute approximate surface area is 384 Å². The topological polar surface area (TPSA) is 105 Å². The summed E-state index contributed by atoms with van der Waals surface area (Å²) in [5, 5.41) is 13.8. The van der Waals surface area contributed by atoms with Crippen LogP contribution < -0.4 is 5.32 Å². The molecule has 0 aliphatic heterocycles. The second-order valence-corrected chi connectivity index (χ2v) is 20.3. The standard InChI is InChI=1S/C53H101N2O6P/c1-6-8-10-12-14-16-18-19-20-21-22-23-24-25-26-27-28-29-30-31-32-33-34-35-36-37-39-41-43-45-47-53(57)54-51(50-61-62(58,59)60-49-48-55(3,4)5)52(56)46-44-42-40-38-17-15-13-11-9-7-2/h9,11,17,25-26,38,44,46,51-52,56H,6-8,10,12-16,18-24,27-37,39-43,45,47-50H2,1-5H3,(H-,54,57,58,59)/p+1/b11-9+,26-25-,38-17+,46-44+. The summed E-state index contributed by atoms with van der Waals surface area (Å²) in [6.45, 7) is 4.67. The highest BCUT2D eigenvalue weighted by molar-refractivity contribution is 7.47. The Hall–Kier alpha value is -1.54. The lowest BCUT2D eigenvalue weighted by atomic mass is 10.0. The summed E-state index contributed by atoms with van der Waals surface area (Å²) in [7, 11) is 1.54. The van der Waals surface area contributed by atoms with Crippen LogP contribution in [0, 0.1) is 0 Å². The zero-order valence-electron chi connectivity index (χ0n) is 41.4. The van der Waals surface area contributed by atoms with E-state index in [1.807, 2.05) is 27.2 Å². The first kappa shape index (κ1) is 60.5. The molecule has 0 spiro atoms. The van der Waals surface area contributed by atoms with Gasteiger partial charge in [-0.15, -0.1) is 0 Å². The second-order valence-electron chi connectivity index (χ2n) is 18.8. The van der Waals surface area contributed by atoms with Crippen LogP contribution in [0.5, 0.6) is 0 Å².